The number of hydrogen-bond donors (Lipinski definition) is 2. The lowest BCUT2D eigenvalue weighted by atomic mass is 10.1. The van der Waals surface area contributed by atoms with E-state index in [9.17, 15) is 14.0 Å². The predicted molar refractivity (Wildman–Crippen MR) is 91.3 cm³/mol. The molecule has 2 aromatic rings. The van der Waals surface area contributed by atoms with Crippen LogP contribution in [0.5, 0.6) is 11.5 Å². The molecule has 0 unspecified atom stereocenters. The van der Waals surface area contributed by atoms with E-state index < -0.39 is 5.82 Å². The number of hydrogen-bond acceptors (Lipinski definition) is 4. The van der Waals surface area contributed by atoms with Gasteiger partial charge in [0.2, 0.25) is 5.91 Å². The first-order valence-electron chi connectivity index (χ1n) is 7.57. The molecule has 0 aliphatic rings. The molecule has 0 saturated carbocycles. The first-order valence-corrected chi connectivity index (χ1v) is 7.57. The summed E-state index contributed by atoms with van der Waals surface area (Å²) in [6.07, 6.45) is 0.0181. The second-order valence-corrected chi connectivity index (χ2v) is 5.18. The second-order valence-electron chi connectivity index (χ2n) is 5.18. The second kappa shape index (κ2) is 8.68. The molecule has 25 heavy (non-hydrogen) atoms. The smallest absolute Gasteiger partial charge is 0.257 e. The Balaban J connectivity index is 1.96. The summed E-state index contributed by atoms with van der Waals surface area (Å²) in [6, 6.07) is 11.0. The van der Waals surface area contributed by atoms with E-state index in [1.807, 2.05) is 0 Å². The van der Waals surface area contributed by atoms with Gasteiger partial charge in [-0.15, -0.1) is 0 Å². The molecule has 2 aromatic carbocycles. The van der Waals surface area contributed by atoms with Crippen molar-refractivity contribution in [1.29, 1.82) is 0 Å². The molecule has 2 rings (SSSR count). The Morgan fingerprint density at radius 3 is 2.60 bits per heavy atom. The number of carbonyl (C=O) groups excluding carboxylic acids is 2. The Kier molecular flexibility index (Phi) is 6.33. The minimum absolute atomic E-state index is 0.0181. The first kappa shape index (κ1) is 18.3. The molecule has 2 N–H and O–H groups in total. The fraction of sp³-hybridized carbons (Fsp3) is 0.222. The van der Waals surface area contributed by atoms with Crippen LogP contribution in [0.1, 0.15) is 5.56 Å². The zero-order valence-corrected chi connectivity index (χ0v) is 14.0. The molecule has 2 amide bonds. The van der Waals surface area contributed by atoms with Gasteiger partial charge in [0.15, 0.2) is 18.2 Å². The maximum atomic E-state index is 13.7. The molecule has 0 aliphatic heterocycles. The van der Waals surface area contributed by atoms with Crippen LogP contribution in [-0.4, -0.2) is 32.6 Å². The van der Waals surface area contributed by atoms with E-state index >= 15 is 0 Å². The van der Waals surface area contributed by atoms with Crippen molar-refractivity contribution >= 4 is 17.5 Å². The number of methoxy groups -OCH3 is 1. The zero-order valence-electron chi connectivity index (χ0n) is 14.0. The van der Waals surface area contributed by atoms with E-state index in [-0.39, 0.29) is 30.6 Å². The summed E-state index contributed by atoms with van der Waals surface area (Å²) in [4.78, 5) is 23.3. The van der Waals surface area contributed by atoms with Gasteiger partial charge in [0.1, 0.15) is 5.75 Å². The number of benzene rings is 2. The van der Waals surface area contributed by atoms with E-state index in [0.29, 0.717) is 17.0 Å². The summed E-state index contributed by atoms with van der Waals surface area (Å²) in [5.41, 5.74) is 1.05. The van der Waals surface area contributed by atoms with E-state index in [4.69, 9.17) is 9.47 Å². The van der Waals surface area contributed by atoms with Crippen molar-refractivity contribution in [1.82, 2.24) is 5.32 Å². The number of anilines is 1. The molecule has 0 atom stereocenters. The molecule has 0 saturated heterocycles. The lowest BCUT2D eigenvalue weighted by Crippen LogP contribution is -2.24. The van der Waals surface area contributed by atoms with E-state index in [0.717, 1.165) is 0 Å². The Hall–Kier alpha value is -3.09. The van der Waals surface area contributed by atoms with Gasteiger partial charge in [0.05, 0.1) is 13.5 Å². The van der Waals surface area contributed by atoms with Crippen molar-refractivity contribution in [2.24, 2.45) is 0 Å². The average molecular weight is 346 g/mol. The summed E-state index contributed by atoms with van der Waals surface area (Å²) in [7, 11) is 2.90. The van der Waals surface area contributed by atoms with Gasteiger partial charge in [0, 0.05) is 18.8 Å². The fourth-order valence-corrected chi connectivity index (χ4v) is 2.10. The number of carbonyl (C=O) groups is 2. The molecule has 132 valence electrons. The Morgan fingerprint density at radius 1 is 1.12 bits per heavy atom. The van der Waals surface area contributed by atoms with Gasteiger partial charge in [0.25, 0.3) is 5.91 Å². The average Bonchev–Trinajstić information content (AvgIpc) is 2.60. The van der Waals surface area contributed by atoms with Crippen molar-refractivity contribution in [3.63, 3.8) is 0 Å². The third-order valence-electron chi connectivity index (χ3n) is 3.35. The van der Waals surface area contributed by atoms with Crippen LogP contribution in [0.3, 0.4) is 0 Å². The summed E-state index contributed by atoms with van der Waals surface area (Å²) < 4.78 is 23.8. The van der Waals surface area contributed by atoms with E-state index in [2.05, 4.69) is 10.6 Å². The molecule has 0 aliphatic carbocycles. The van der Waals surface area contributed by atoms with Crippen LogP contribution in [0.4, 0.5) is 10.1 Å². The third kappa shape index (κ3) is 5.49. The van der Waals surface area contributed by atoms with Crippen LogP contribution in [0, 0.1) is 5.82 Å². The molecule has 7 heteroatoms. The van der Waals surface area contributed by atoms with Gasteiger partial charge in [-0.1, -0.05) is 12.1 Å². The van der Waals surface area contributed by atoms with Gasteiger partial charge < -0.3 is 20.1 Å². The van der Waals surface area contributed by atoms with Crippen LogP contribution in [-0.2, 0) is 16.0 Å². The van der Waals surface area contributed by atoms with Crippen molar-refractivity contribution in [2.45, 2.75) is 6.42 Å². The Labute approximate surface area is 144 Å². The molecule has 0 fully saturated rings. The standard InChI is InChI=1S/C18H19FN2O4/c1-20-18(23)11-25-14-5-3-4-13(10-14)21-17(22)9-12-6-7-16(24-2)15(19)8-12/h3-8,10H,9,11H2,1-2H3,(H,20,23)(H,21,22). The van der Waals surface area contributed by atoms with Crippen LogP contribution in [0.15, 0.2) is 42.5 Å². The lowest BCUT2D eigenvalue weighted by Gasteiger charge is -2.09. The highest BCUT2D eigenvalue weighted by atomic mass is 19.1. The number of halogens is 1. The quantitative estimate of drug-likeness (QED) is 0.805. The molecule has 0 radical (unpaired) electrons. The van der Waals surface area contributed by atoms with Gasteiger partial charge >= 0.3 is 0 Å². The van der Waals surface area contributed by atoms with Crippen molar-refractivity contribution < 1.29 is 23.5 Å². The Bertz CT molecular complexity index is 764. The molecule has 0 aromatic heterocycles. The largest absolute Gasteiger partial charge is 0.494 e. The highest BCUT2D eigenvalue weighted by Crippen LogP contribution is 2.20. The van der Waals surface area contributed by atoms with Crippen molar-refractivity contribution in [2.75, 3.05) is 26.1 Å². The van der Waals surface area contributed by atoms with Crippen molar-refractivity contribution in [3.05, 3.63) is 53.8 Å². The van der Waals surface area contributed by atoms with Gasteiger partial charge in [-0.2, -0.15) is 0 Å². The van der Waals surface area contributed by atoms with Crippen LogP contribution >= 0.6 is 0 Å². The maximum absolute atomic E-state index is 13.7. The van der Waals surface area contributed by atoms with Crippen LogP contribution < -0.4 is 20.1 Å². The van der Waals surface area contributed by atoms with Gasteiger partial charge in [-0.3, -0.25) is 9.59 Å². The summed E-state index contributed by atoms with van der Waals surface area (Å²) >= 11 is 0. The van der Waals surface area contributed by atoms with Crippen LogP contribution in [0.2, 0.25) is 0 Å². The highest BCUT2D eigenvalue weighted by Gasteiger charge is 2.09. The summed E-state index contributed by atoms with van der Waals surface area (Å²) in [5, 5.41) is 5.16. The number of likely N-dealkylation sites (N-methyl/N-ethyl adjacent to an activating group) is 1. The maximum Gasteiger partial charge on any atom is 0.257 e. The summed E-state index contributed by atoms with van der Waals surface area (Å²) in [6.45, 7) is -0.112. The Morgan fingerprint density at radius 2 is 1.92 bits per heavy atom. The monoisotopic (exact) mass is 346 g/mol. The van der Waals surface area contributed by atoms with Gasteiger partial charge in [-0.05, 0) is 29.8 Å². The number of nitrogens with one attached hydrogen (secondary N) is 2. The van der Waals surface area contributed by atoms with Crippen LogP contribution in [0.25, 0.3) is 0 Å². The highest BCUT2D eigenvalue weighted by molar-refractivity contribution is 5.92. The zero-order chi connectivity index (χ0) is 18.2. The number of rotatable bonds is 7. The topological polar surface area (TPSA) is 76.7 Å². The molecular weight excluding hydrogens is 327 g/mol. The predicted octanol–water partition coefficient (Wildman–Crippen LogP) is 2.14. The number of amides is 2. The van der Waals surface area contributed by atoms with E-state index in [1.54, 1.807) is 30.3 Å². The molecule has 0 bridgehead atoms. The normalized spacial score (nSPS) is 10.0. The van der Waals surface area contributed by atoms with E-state index in [1.165, 1.54) is 26.3 Å². The minimum atomic E-state index is -0.516. The molecule has 6 nitrogen and oxygen atoms in total. The lowest BCUT2D eigenvalue weighted by molar-refractivity contribution is -0.122. The van der Waals surface area contributed by atoms with Gasteiger partial charge in [-0.25, -0.2) is 4.39 Å². The molecule has 0 spiro atoms. The SMILES string of the molecule is CNC(=O)COc1cccc(NC(=O)Cc2ccc(OC)c(F)c2)c1. The first-order chi connectivity index (χ1) is 12.0. The number of ether oxygens (including phenoxy) is 2. The van der Waals surface area contributed by atoms with Crippen molar-refractivity contribution in [3.8, 4) is 11.5 Å². The molecular formula is C18H19FN2O4. The fourth-order valence-electron chi connectivity index (χ4n) is 2.10. The summed E-state index contributed by atoms with van der Waals surface area (Å²) in [5.74, 6) is -0.483. The third-order valence-corrected chi connectivity index (χ3v) is 3.35. The minimum Gasteiger partial charge on any atom is -0.494 e. The molecule has 0 heterocycles.